The zero-order valence-electron chi connectivity index (χ0n) is 19.2. The summed E-state index contributed by atoms with van der Waals surface area (Å²) >= 11 is 0. The van der Waals surface area contributed by atoms with Crippen molar-refractivity contribution in [2.45, 2.75) is 37.6 Å². The summed E-state index contributed by atoms with van der Waals surface area (Å²) in [5, 5.41) is 5.20. The maximum absolute atomic E-state index is 13.3. The molecular formula is C23H27FN4O5S. The van der Waals surface area contributed by atoms with Crippen molar-refractivity contribution in [2.24, 2.45) is 0 Å². The van der Waals surface area contributed by atoms with Gasteiger partial charge in [-0.1, -0.05) is 32.9 Å². The third kappa shape index (κ3) is 4.66. The number of imide groups is 1. The van der Waals surface area contributed by atoms with E-state index in [4.69, 9.17) is 0 Å². The summed E-state index contributed by atoms with van der Waals surface area (Å²) < 4.78 is 39.8. The second kappa shape index (κ2) is 9.90. The van der Waals surface area contributed by atoms with Crippen LogP contribution >= 0.6 is 0 Å². The third-order valence-corrected chi connectivity index (χ3v) is 7.89. The SMILES string of the molecule is CCN(CC)S(=O)(=O)c1ccc(NC(=O)CN2C(=O)N[C@](CC)(c3ccc(F)cc3)C2=O)cc1. The van der Waals surface area contributed by atoms with Gasteiger partial charge < -0.3 is 10.6 Å². The Morgan fingerprint density at radius 3 is 2.15 bits per heavy atom. The van der Waals surface area contributed by atoms with E-state index >= 15 is 0 Å². The van der Waals surface area contributed by atoms with E-state index in [1.807, 2.05) is 0 Å². The van der Waals surface area contributed by atoms with Crippen LogP contribution in [0.2, 0.25) is 0 Å². The Labute approximate surface area is 198 Å². The van der Waals surface area contributed by atoms with Gasteiger partial charge in [0.25, 0.3) is 5.91 Å². The molecule has 1 atom stereocenters. The van der Waals surface area contributed by atoms with Crippen LogP contribution in [0.5, 0.6) is 0 Å². The molecule has 4 amide bonds. The lowest BCUT2D eigenvalue weighted by Crippen LogP contribution is -2.44. The molecule has 0 saturated carbocycles. The fraction of sp³-hybridized carbons (Fsp3) is 0.348. The maximum atomic E-state index is 13.3. The first-order valence-corrected chi connectivity index (χ1v) is 12.3. The minimum Gasteiger partial charge on any atom is -0.325 e. The number of anilines is 1. The van der Waals surface area contributed by atoms with Gasteiger partial charge in [-0.05, 0) is 48.4 Å². The molecule has 1 aliphatic heterocycles. The molecule has 2 aromatic rings. The summed E-state index contributed by atoms with van der Waals surface area (Å²) in [7, 11) is -3.63. The molecule has 182 valence electrons. The molecule has 1 fully saturated rings. The molecule has 0 spiro atoms. The van der Waals surface area contributed by atoms with Gasteiger partial charge in [0.2, 0.25) is 15.9 Å². The van der Waals surface area contributed by atoms with Crippen LogP contribution in [0.3, 0.4) is 0 Å². The van der Waals surface area contributed by atoms with Crippen LogP contribution in [0.15, 0.2) is 53.4 Å². The van der Waals surface area contributed by atoms with Crippen molar-refractivity contribution in [1.82, 2.24) is 14.5 Å². The lowest BCUT2D eigenvalue weighted by atomic mass is 9.87. The van der Waals surface area contributed by atoms with Crippen LogP contribution in [0.1, 0.15) is 32.8 Å². The van der Waals surface area contributed by atoms with Gasteiger partial charge >= 0.3 is 6.03 Å². The summed E-state index contributed by atoms with van der Waals surface area (Å²) in [5.41, 5.74) is -0.649. The Balaban J connectivity index is 1.72. The number of carbonyl (C=O) groups is 3. The Hall–Kier alpha value is -3.31. The van der Waals surface area contributed by atoms with Crippen molar-refractivity contribution < 1.29 is 27.2 Å². The van der Waals surface area contributed by atoms with Crippen LogP contribution in [0, 0.1) is 5.82 Å². The second-order valence-electron chi connectivity index (χ2n) is 7.75. The number of hydrogen-bond donors (Lipinski definition) is 2. The van der Waals surface area contributed by atoms with Gasteiger partial charge in [0.1, 0.15) is 17.9 Å². The summed E-state index contributed by atoms with van der Waals surface area (Å²) in [6.45, 7) is 5.33. The third-order valence-electron chi connectivity index (χ3n) is 5.83. The molecule has 9 nitrogen and oxygen atoms in total. The molecule has 11 heteroatoms. The summed E-state index contributed by atoms with van der Waals surface area (Å²) in [5.74, 6) is -1.71. The number of amides is 4. The van der Waals surface area contributed by atoms with Gasteiger partial charge in [-0.15, -0.1) is 0 Å². The van der Waals surface area contributed by atoms with Crippen LogP contribution in [0.4, 0.5) is 14.9 Å². The monoisotopic (exact) mass is 490 g/mol. The van der Waals surface area contributed by atoms with Crippen molar-refractivity contribution >= 4 is 33.6 Å². The lowest BCUT2D eigenvalue weighted by molar-refractivity contribution is -0.134. The summed E-state index contributed by atoms with van der Waals surface area (Å²) in [6, 6.07) is 10.2. The Morgan fingerprint density at radius 1 is 1.03 bits per heavy atom. The zero-order chi connectivity index (χ0) is 25.1. The first-order chi connectivity index (χ1) is 16.1. The first-order valence-electron chi connectivity index (χ1n) is 10.9. The number of urea groups is 1. The average molecular weight is 491 g/mol. The molecule has 0 aromatic heterocycles. The smallest absolute Gasteiger partial charge is 0.325 e. The fourth-order valence-corrected chi connectivity index (χ4v) is 5.37. The normalized spacial score (nSPS) is 18.3. The molecule has 1 heterocycles. The first kappa shape index (κ1) is 25.3. The highest BCUT2D eigenvalue weighted by Crippen LogP contribution is 2.32. The number of rotatable bonds is 9. The maximum Gasteiger partial charge on any atom is 0.325 e. The van der Waals surface area contributed by atoms with Crippen molar-refractivity contribution in [3.05, 3.63) is 59.9 Å². The number of nitrogens with one attached hydrogen (secondary N) is 2. The molecule has 2 N–H and O–H groups in total. The number of hydrogen-bond acceptors (Lipinski definition) is 5. The average Bonchev–Trinajstić information content (AvgIpc) is 3.05. The van der Waals surface area contributed by atoms with Crippen molar-refractivity contribution in [2.75, 3.05) is 25.0 Å². The molecule has 2 aromatic carbocycles. The Morgan fingerprint density at radius 2 is 1.62 bits per heavy atom. The molecule has 1 saturated heterocycles. The molecule has 3 rings (SSSR count). The second-order valence-corrected chi connectivity index (χ2v) is 9.69. The fourth-order valence-electron chi connectivity index (χ4n) is 3.91. The minimum absolute atomic E-state index is 0.0929. The van der Waals surface area contributed by atoms with Crippen LogP contribution in [-0.4, -0.2) is 55.1 Å². The van der Waals surface area contributed by atoms with E-state index in [1.54, 1.807) is 20.8 Å². The number of halogens is 1. The van der Waals surface area contributed by atoms with Gasteiger partial charge in [0, 0.05) is 18.8 Å². The van der Waals surface area contributed by atoms with E-state index in [1.165, 1.54) is 52.8 Å². The Bertz CT molecular complexity index is 1180. The largest absolute Gasteiger partial charge is 0.325 e. The van der Waals surface area contributed by atoms with E-state index in [0.29, 0.717) is 24.3 Å². The van der Waals surface area contributed by atoms with Gasteiger partial charge in [0.05, 0.1) is 4.90 Å². The van der Waals surface area contributed by atoms with Gasteiger partial charge in [-0.2, -0.15) is 4.31 Å². The minimum atomic E-state index is -3.63. The van der Waals surface area contributed by atoms with Gasteiger partial charge in [0.15, 0.2) is 0 Å². The van der Waals surface area contributed by atoms with E-state index in [-0.39, 0.29) is 11.3 Å². The molecule has 0 unspecified atom stereocenters. The van der Waals surface area contributed by atoms with E-state index < -0.39 is 45.8 Å². The Kier molecular flexibility index (Phi) is 7.37. The molecule has 0 aliphatic carbocycles. The van der Waals surface area contributed by atoms with E-state index in [9.17, 15) is 27.2 Å². The van der Waals surface area contributed by atoms with Crippen LogP contribution in [-0.2, 0) is 25.2 Å². The quantitative estimate of drug-likeness (QED) is 0.525. The van der Waals surface area contributed by atoms with Crippen LogP contribution < -0.4 is 10.6 Å². The van der Waals surface area contributed by atoms with Gasteiger partial charge in [-0.3, -0.25) is 14.5 Å². The lowest BCUT2D eigenvalue weighted by Gasteiger charge is -2.25. The number of carbonyl (C=O) groups excluding carboxylic acids is 3. The van der Waals surface area contributed by atoms with E-state index in [2.05, 4.69) is 10.6 Å². The molecule has 0 radical (unpaired) electrons. The predicted octanol–water partition coefficient (Wildman–Crippen LogP) is 2.65. The van der Waals surface area contributed by atoms with Crippen molar-refractivity contribution in [3.63, 3.8) is 0 Å². The van der Waals surface area contributed by atoms with Gasteiger partial charge in [-0.25, -0.2) is 17.6 Å². The van der Waals surface area contributed by atoms with Crippen molar-refractivity contribution in [1.29, 1.82) is 0 Å². The standard InChI is InChI=1S/C23H27FN4O5S/c1-4-23(16-7-9-17(24)10-8-16)21(30)28(22(31)26-23)15-20(29)25-18-11-13-19(14-12-18)34(32,33)27(5-2)6-3/h7-14H,4-6,15H2,1-3H3,(H,25,29)(H,26,31)/t23-/m1/s1. The number of sulfonamides is 1. The van der Waals surface area contributed by atoms with Crippen LogP contribution in [0.25, 0.3) is 0 Å². The highest BCUT2D eigenvalue weighted by molar-refractivity contribution is 7.89. The summed E-state index contributed by atoms with van der Waals surface area (Å²) in [6.07, 6.45) is 0.212. The molecule has 34 heavy (non-hydrogen) atoms. The molecular weight excluding hydrogens is 463 g/mol. The highest BCUT2D eigenvalue weighted by Gasteiger charge is 2.51. The molecule has 0 bridgehead atoms. The topological polar surface area (TPSA) is 116 Å². The predicted molar refractivity (Wildman–Crippen MR) is 124 cm³/mol. The molecule has 1 aliphatic rings. The zero-order valence-corrected chi connectivity index (χ0v) is 20.0. The van der Waals surface area contributed by atoms with Crippen molar-refractivity contribution in [3.8, 4) is 0 Å². The number of nitrogens with zero attached hydrogens (tertiary/aromatic N) is 2. The highest BCUT2D eigenvalue weighted by atomic mass is 32.2. The van der Waals surface area contributed by atoms with E-state index in [0.717, 1.165) is 4.90 Å². The summed E-state index contributed by atoms with van der Waals surface area (Å²) in [4.78, 5) is 39.1. The number of benzene rings is 2.